The van der Waals surface area contributed by atoms with Crippen LogP contribution in [0.2, 0.25) is 0 Å². The van der Waals surface area contributed by atoms with Gasteiger partial charge in [0.25, 0.3) is 0 Å². The summed E-state index contributed by atoms with van der Waals surface area (Å²) in [5, 5.41) is 16.7. The topological polar surface area (TPSA) is 67.2 Å². The number of thiocarbonyl (C=S) groups is 1. The van der Waals surface area contributed by atoms with Crippen LogP contribution in [-0.4, -0.2) is 10.0 Å². The van der Waals surface area contributed by atoms with Crippen molar-refractivity contribution in [2.75, 3.05) is 5.32 Å². The van der Waals surface area contributed by atoms with Crippen LogP contribution in [-0.2, 0) is 6.54 Å². The van der Waals surface area contributed by atoms with Crippen molar-refractivity contribution in [1.29, 1.82) is 0 Å². The van der Waals surface area contributed by atoms with Crippen molar-refractivity contribution >= 4 is 28.7 Å². The Labute approximate surface area is 125 Å². The van der Waals surface area contributed by atoms with E-state index in [-0.39, 0.29) is 0 Å². The number of rotatable bonds is 4. The maximum Gasteiger partial charge on any atom is 0.306 e. The van der Waals surface area contributed by atoms with E-state index in [2.05, 4.69) is 10.6 Å². The van der Waals surface area contributed by atoms with Crippen LogP contribution in [0.4, 0.5) is 15.8 Å². The highest BCUT2D eigenvalue weighted by atomic mass is 32.1. The third-order valence-electron chi connectivity index (χ3n) is 2.70. The Bertz CT molecular complexity index is 665. The first-order valence-electron chi connectivity index (χ1n) is 6.09. The van der Waals surface area contributed by atoms with Gasteiger partial charge in [0.1, 0.15) is 0 Å². The Morgan fingerprint density at radius 1 is 1.24 bits per heavy atom. The second kappa shape index (κ2) is 6.76. The van der Waals surface area contributed by atoms with E-state index in [1.807, 2.05) is 30.3 Å². The molecule has 0 aliphatic heterocycles. The molecule has 0 heterocycles. The number of halogens is 1. The third-order valence-corrected chi connectivity index (χ3v) is 2.94. The molecular weight excluding hydrogens is 293 g/mol. The molecule has 2 aromatic rings. The zero-order valence-corrected chi connectivity index (χ0v) is 11.7. The van der Waals surface area contributed by atoms with Crippen molar-refractivity contribution < 1.29 is 9.31 Å². The smallest absolute Gasteiger partial charge is 0.306 e. The number of nitro groups is 1. The Morgan fingerprint density at radius 2 is 1.95 bits per heavy atom. The molecule has 0 unspecified atom stereocenters. The molecule has 0 bridgehead atoms. The summed E-state index contributed by atoms with van der Waals surface area (Å²) in [6.45, 7) is 0.524. The fraction of sp³-hybridized carbons (Fsp3) is 0.0714. The van der Waals surface area contributed by atoms with Gasteiger partial charge >= 0.3 is 5.69 Å². The van der Waals surface area contributed by atoms with Crippen molar-refractivity contribution in [2.24, 2.45) is 0 Å². The van der Waals surface area contributed by atoms with E-state index in [0.29, 0.717) is 17.3 Å². The largest absolute Gasteiger partial charge is 0.358 e. The predicted molar refractivity (Wildman–Crippen MR) is 82.6 cm³/mol. The van der Waals surface area contributed by atoms with Crippen molar-refractivity contribution in [3.05, 3.63) is 70.0 Å². The van der Waals surface area contributed by atoms with E-state index in [0.717, 1.165) is 17.7 Å². The normalized spacial score (nSPS) is 9.95. The summed E-state index contributed by atoms with van der Waals surface area (Å²) >= 11 is 5.09. The van der Waals surface area contributed by atoms with Crippen LogP contribution in [0.1, 0.15) is 5.56 Å². The lowest BCUT2D eigenvalue weighted by atomic mass is 10.2. The van der Waals surface area contributed by atoms with Crippen LogP contribution in [0.25, 0.3) is 0 Å². The Kier molecular flexibility index (Phi) is 4.78. The zero-order valence-electron chi connectivity index (χ0n) is 10.9. The monoisotopic (exact) mass is 305 g/mol. The maximum atomic E-state index is 13.2. The minimum Gasteiger partial charge on any atom is -0.358 e. The van der Waals surface area contributed by atoms with E-state index < -0.39 is 16.4 Å². The number of nitrogens with one attached hydrogen (secondary N) is 2. The molecule has 0 aliphatic rings. The average Bonchev–Trinajstić information content (AvgIpc) is 2.48. The highest BCUT2D eigenvalue weighted by Crippen LogP contribution is 2.21. The van der Waals surface area contributed by atoms with Crippen molar-refractivity contribution in [2.45, 2.75) is 6.54 Å². The van der Waals surface area contributed by atoms with Crippen LogP contribution in [0.15, 0.2) is 48.5 Å². The highest BCUT2D eigenvalue weighted by molar-refractivity contribution is 7.80. The number of benzene rings is 2. The molecule has 0 radical (unpaired) electrons. The van der Waals surface area contributed by atoms with Gasteiger partial charge in [0.2, 0.25) is 5.82 Å². The predicted octanol–water partition coefficient (Wildman–Crippen LogP) is 3.22. The number of hydrogen-bond donors (Lipinski definition) is 2. The van der Waals surface area contributed by atoms with Crippen LogP contribution in [0, 0.1) is 15.9 Å². The van der Waals surface area contributed by atoms with E-state index in [9.17, 15) is 14.5 Å². The van der Waals surface area contributed by atoms with Crippen LogP contribution in [0.5, 0.6) is 0 Å². The van der Waals surface area contributed by atoms with E-state index in [1.54, 1.807) is 0 Å². The van der Waals surface area contributed by atoms with Gasteiger partial charge in [-0.1, -0.05) is 30.3 Å². The summed E-state index contributed by atoms with van der Waals surface area (Å²) in [4.78, 5) is 9.88. The second-order valence-corrected chi connectivity index (χ2v) is 4.62. The van der Waals surface area contributed by atoms with Gasteiger partial charge in [-0.15, -0.1) is 0 Å². The minimum atomic E-state index is -0.881. The van der Waals surface area contributed by atoms with E-state index in [1.165, 1.54) is 6.07 Å². The number of anilines is 1. The zero-order chi connectivity index (χ0) is 15.2. The van der Waals surface area contributed by atoms with Crippen molar-refractivity contribution in [1.82, 2.24) is 5.32 Å². The van der Waals surface area contributed by atoms with Crippen molar-refractivity contribution in [3.63, 3.8) is 0 Å². The first-order chi connectivity index (χ1) is 10.1. The summed E-state index contributed by atoms with van der Waals surface area (Å²) in [6.07, 6.45) is 0. The van der Waals surface area contributed by atoms with Gasteiger partial charge in [0.05, 0.1) is 4.92 Å². The molecule has 0 aromatic heterocycles. The number of nitrogens with zero attached hydrogens (tertiary/aromatic N) is 1. The molecule has 2 N–H and O–H groups in total. The van der Waals surface area contributed by atoms with Gasteiger partial charge in [0.15, 0.2) is 5.11 Å². The lowest BCUT2D eigenvalue weighted by molar-refractivity contribution is -0.387. The second-order valence-electron chi connectivity index (χ2n) is 4.22. The molecule has 0 amide bonds. The van der Waals surface area contributed by atoms with Crippen molar-refractivity contribution in [3.8, 4) is 0 Å². The molecule has 0 saturated heterocycles. The highest BCUT2D eigenvalue weighted by Gasteiger charge is 2.14. The molecule has 0 atom stereocenters. The first kappa shape index (κ1) is 14.9. The summed E-state index contributed by atoms with van der Waals surface area (Å²) in [7, 11) is 0. The molecule has 0 saturated carbocycles. The molecule has 7 heteroatoms. The summed E-state index contributed by atoms with van der Waals surface area (Å²) < 4.78 is 13.2. The summed E-state index contributed by atoms with van der Waals surface area (Å²) in [5.41, 5.74) is 0.811. The average molecular weight is 305 g/mol. The molecule has 2 aromatic carbocycles. The molecule has 108 valence electrons. The number of hydrogen-bond acceptors (Lipinski definition) is 3. The third kappa shape index (κ3) is 4.22. The minimum absolute atomic E-state index is 0.305. The van der Waals surface area contributed by atoms with Gasteiger partial charge in [-0.2, -0.15) is 4.39 Å². The standard InChI is InChI=1S/C14H12FN3O2S/c15-12-7-6-11(8-13(12)18(19)20)17-14(21)16-9-10-4-2-1-3-5-10/h1-8H,9H2,(H2,16,17,21). The molecule has 5 nitrogen and oxygen atoms in total. The fourth-order valence-electron chi connectivity index (χ4n) is 1.68. The fourth-order valence-corrected chi connectivity index (χ4v) is 1.87. The molecule has 0 spiro atoms. The van der Waals surface area contributed by atoms with Crippen LogP contribution >= 0.6 is 12.2 Å². The Hall–Kier alpha value is -2.54. The van der Waals surface area contributed by atoms with Gasteiger partial charge in [-0.25, -0.2) is 0 Å². The summed E-state index contributed by atoms with van der Waals surface area (Å²) in [6, 6.07) is 13.1. The molecular formula is C14H12FN3O2S. The van der Waals surface area contributed by atoms with Gasteiger partial charge in [-0.05, 0) is 29.9 Å². The van der Waals surface area contributed by atoms with Gasteiger partial charge < -0.3 is 10.6 Å². The van der Waals surface area contributed by atoms with Gasteiger partial charge in [0, 0.05) is 18.3 Å². The quantitative estimate of drug-likeness (QED) is 0.516. The first-order valence-corrected chi connectivity index (χ1v) is 6.50. The Balaban J connectivity index is 1.97. The molecule has 21 heavy (non-hydrogen) atoms. The Morgan fingerprint density at radius 3 is 2.62 bits per heavy atom. The maximum absolute atomic E-state index is 13.2. The molecule has 2 rings (SSSR count). The lowest BCUT2D eigenvalue weighted by Crippen LogP contribution is -2.27. The SMILES string of the molecule is O=[N+]([O-])c1cc(NC(=S)NCc2ccccc2)ccc1F. The van der Waals surface area contributed by atoms with Crippen LogP contribution in [0.3, 0.4) is 0 Å². The molecule has 0 aliphatic carbocycles. The summed E-state index contributed by atoms with van der Waals surface area (Å²) in [5.74, 6) is -0.881. The van der Waals surface area contributed by atoms with Gasteiger partial charge in [-0.3, -0.25) is 10.1 Å². The van der Waals surface area contributed by atoms with E-state index in [4.69, 9.17) is 12.2 Å². The molecule has 0 fully saturated rings. The van der Waals surface area contributed by atoms with E-state index >= 15 is 0 Å². The lowest BCUT2D eigenvalue weighted by Gasteiger charge is -2.10. The van der Waals surface area contributed by atoms with Crippen LogP contribution < -0.4 is 10.6 Å². The number of nitro benzene ring substituents is 1.